The lowest BCUT2D eigenvalue weighted by atomic mass is 10.3. The van der Waals surface area contributed by atoms with E-state index >= 15 is 0 Å². The van der Waals surface area contributed by atoms with Crippen molar-refractivity contribution in [2.45, 2.75) is 6.29 Å². The molecular formula is C10H9NO3. The number of carbonyl (C=O) groups excluding carboxylic acids is 1. The van der Waals surface area contributed by atoms with Crippen molar-refractivity contribution in [1.29, 1.82) is 0 Å². The fourth-order valence-electron chi connectivity index (χ4n) is 1.22. The molecule has 0 saturated heterocycles. The second kappa shape index (κ2) is 3.51. The van der Waals surface area contributed by atoms with Gasteiger partial charge in [-0.25, -0.2) is 0 Å². The van der Waals surface area contributed by atoms with E-state index in [1.54, 1.807) is 12.1 Å². The average molecular weight is 191 g/mol. The smallest absolute Gasteiger partial charge is 0.300 e. The Morgan fingerprint density at radius 3 is 2.71 bits per heavy atom. The summed E-state index contributed by atoms with van der Waals surface area (Å²) >= 11 is 0. The highest BCUT2D eigenvalue weighted by Crippen LogP contribution is 2.17. The maximum atomic E-state index is 11.4. The predicted octanol–water partition coefficient (Wildman–Crippen LogP) is 0.839. The summed E-state index contributed by atoms with van der Waals surface area (Å²) in [4.78, 5) is 12.8. The Hall–Kier alpha value is -1.81. The quantitative estimate of drug-likeness (QED) is 0.715. The molecule has 1 aromatic carbocycles. The molecule has 4 heteroatoms. The highest BCUT2D eigenvalue weighted by atomic mass is 16.6. The molecule has 1 amide bonds. The average Bonchev–Trinajstić information content (AvgIpc) is 2.23. The molecule has 1 unspecified atom stereocenters. The Labute approximate surface area is 81.0 Å². The number of benzene rings is 1. The molecule has 0 fully saturated rings. The summed E-state index contributed by atoms with van der Waals surface area (Å²) in [5.41, 5.74) is 0.705. The minimum absolute atomic E-state index is 0.487. The van der Waals surface area contributed by atoms with Crippen LogP contribution in [0.5, 0.6) is 0 Å². The van der Waals surface area contributed by atoms with Gasteiger partial charge in [0, 0.05) is 11.9 Å². The molecule has 1 atom stereocenters. The zero-order chi connectivity index (χ0) is 9.97. The van der Waals surface area contributed by atoms with Crippen LogP contribution in [0, 0.1) is 0 Å². The highest BCUT2D eigenvalue weighted by molar-refractivity contribution is 5.97. The van der Waals surface area contributed by atoms with Gasteiger partial charge in [0.1, 0.15) is 6.26 Å². The molecule has 1 aliphatic rings. The summed E-state index contributed by atoms with van der Waals surface area (Å²) in [6.45, 7) is 0. The Balaban J connectivity index is 2.31. The van der Waals surface area contributed by atoms with Gasteiger partial charge in [-0.15, -0.1) is 0 Å². The van der Waals surface area contributed by atoms with Crippen molar-refractivity contribution < 1.29 is 14.6 Å². The first-order chi connectivity index (χ1) is 6.79. The third-order valence-corrected chi connectivity index (χ3v) is 1.90. The number of para-hydroxylation sites is 1. The van der Waals surface area contributed by atoms with Crippen LogP contribution in [-0.4, -0.2) is 17.3 Å². The molecule has 4 nitrogen and oxygen atoms in total. The molecule has 1 heterocycles. The van der Waals surface area contributed by atoms with E-state index in [0.29, 0.717) is 5.69 Å². The standard InChI is InChI=1S/C10H9NO3/c12-9-10(13)14-7-6-11(9)8-4-2-1-3-5-8/h1-7,10,13H. The number of hydrogen-bond acceptors (Lipinski definition) is 3. The molecule has 0 spiro atoms. The molecule has 1 N–H and O–H groups in total. The number of hydrogen-bond donors (Lipinski definition) is 1. The number of amides is 1. The Bertz CT molecular complexity index is 361. The maximum Gasteiger partial charge on any atom is 0.300 e. The van der Waals surface area contributed by atoms with Crippen molar-refractivity contribution in [1.82, 2.24) is 0 Å². The van der Waals surface area contributed by atoms with E-state index in [2.05, 4.69) is 4.74 Å². The molecule has 1 aliphatic heterocycles. The van der Waals surface area contributed by atoms with Crippen molar-refractivity contribution in [3.05, 3.63) is 42.8 Å². The SMILES string of the molecule is O=C1C(O)OC=CN1c1ccccc1. The van der Waals surface area contributed by atoms with Gasteiger partial charge < -0.3 is 9.84 Å². The van der Waals surface area contributed by atoms with E-state index in [-0.39, 0.29) is 0 Å². The monoisotopic (exact) mass is 191 g/mol. The van der Waals surface area contributed by atoms with Crippen LogP contribution in [0.4, 0.5) is 5.69 Å². The maximum absolute atomic E-state index is 11.4. The van der Waals surface area contributed by atoms with Gasteiger partial charge in [-0.2, -0.15) is 0 Å². The third-order valence-electron chi connectivity index (χ3n) is 1.90. The molecule has 0 aromatic heterocycles. The first-order valence-corrected chi connectivity index (χ1v) is 4.17. The largest absolute Gasteiger partial charge is 0.462 e. The fraction of sp³-hybridized carbons (Fsp3) is 0.100. The Kier molecular flexibility index (Phi) is 2.20. The van der Waals surface area contributed by atoms with Crippen LogP contribution < -0.4 is 4.90 Å². The van der Waals surface area contributed by atoms with Crippen LogP contribution in [0.2, 0.25) is 0 Å². The molecule has 72 valence electrons. The lowest BCUT2D eigenvalue weighted by Crippen LogP contribution is -2.39. The van der Waals surface area contributed by atoms with Gasteiger partial charge in [-0.1, -0.05) is 18.2 Å². The normalized spacial score (nSPS) is 20.8. The van der Waals surface area contributed by atoms with E-state index in [0.717, 1.165) is 0 Å². The van der Waals surface area contributed by atoms with Gasteiger partial charge in [0.2, 0.25) is 0 Å². The van der Waals surface area contributed by atoms with Gasteiger partial charge in [-0.3, -0.25) is 9.69 Å². The lowest BCUT2D eigenvalue weighted by molar-refractivity contribution is -0.146. The molecule has 0 aliphatic carbocycles. The molecule has 0 saturated carbocycles. The topological polar surface area (TPSA) is 49.8 Å². The number of ether oxygens (including phenoxy) is 1. The number of nitrogens with zero attached hydrogens (tertiary/aromatic N) is 1. The van der Waals surface area contributed by atoms with Gasteiger partial charge in [0.25, 0.3) is 6.29 Å². The van der Waals surface area contributed by atoms with E-state index in [1.807, 2.05) is 18.2 Å². The zero-order valence-electron chi connectivity index (χ0n) is 7.33. The van der Waals surface area contributed by atoms with Crippen LogP contribution in [0.25, 0.3) is 0 Å². The second-order valence-corrected chi connectivity index (χ2v) is 2.82. The van der Waals surface area contributed by atoms with E-state index < -0.39 is 12.2 Å². The predicted molar refractivity (Wildman–Crippen MR) is 50.2 cm³/mol. The molecule has 1 aromatic rings. The number of rotatable bonds is 1. The molecule has 2 rings (SSSR count). The third kappa shape index (κ3) is 1.47. The molecule has 14 heavy (non-hydrogen) atoms. The van der Waals surface area contributed by atoms with Crippen molar-refractivity contribution in [2.24, 2.45) is 0 Å². The number of aliphatic hydroxyl groups is 1. The van der Waals surface area contributed by atoms with Crippen molar-refractivity contribution in [3.63, 3.8) is 0 Å². The van der Waals surface area contributed by atoms with E-state index in [9.17, 15) is 4.79 Å². The summed E-state index contributed by atoms with van der Waals surface area (Å²) in [6, 6.07) is 9.05. The van der Waals surface area contributed by atoms with Gasteiger partial charge in [0.05, 0.1) is 0 Å². The fourth-order valence-corrected chi connectivity index (χ4v) is 1.22. The number of carbonyl (C=O) groups is 1. The number of anilines is 1. The van der Waals surface area contributed by atoms with Crippen molar-refractivity contribution in [3.8, 4) is 0 Å². The summed E-state index contributed by atoms with van der Waals surface area (Å²) in [5.74, 6) is -0.487. The highest BCUT2D eigenvalue weighted by Gasteiger charge is 2.25. The first-order valence-electron chi connectivity index (χ1n) is 4.17. The van der Waals surface area contributed by atoms with E-state index in [1.165, 1.54) is 17.4 Å². The summed E-state index contributed by atoms with van der Waals surface area (Å²) in [7, 11) is 0. The summed E-state index contributed by atoms with van der Waals surface area (Å²) in [5, 5.41) is 9.14. The molecule has 0 bridgehead atoms. The molecular weight excluding hydrogens is 182 g/mol. The number of aliphatic hydroxyl groups excluding tert-OH is 1. The van der Waals surface area contributed by atoms with Gasteiger partial charge in [0.15, 0.2) is 0 Å². The van der Waals surface area contributed by atoms with Crippen molar-refractivity contribution >= 4 is 11.6 Å². The van der Waals surface area contributed by atoms with Crippen LogP contribution >= 0.6 is 0 Å². The minimum atomic E-state index is -1.40. The van der Waals surface area contributed by atoms with Crippen LogP contribution in [0.3, 0.4) is 0 Å². The lowest BCUT2D eigenvalue weighted by Gasteiger charge is -2.24. The zero-order valence-corrected chi connectivity index (χ0v) is 7.33. The summed E-state index contributed by atoms with van der Waals surface area (Å²) < 4.78 is 4.63. The Morgan fingerprint density at radius 1 is 1.29 bits per heavy atom. The first kappa shape index (κ1) is 8.77. The molecule has 0 radical (unpaired) electrons. The Morgan fingerprint density at radius 2 is 2.00 bits per heavy atom. The second-order valence-electron chi connectivity index (χ2n) is 2.82. The van der Waals surface area contributed by atoms with Crippen LogP contribution in [0.15, 0.2) is 42.8 Å². The van der Waals surface area contributed by atoms with Gasteiger partial charge in [-0.05, 0) is 12.1 Å². The van der Waals surface area contributed by atoms with Crippen LogP contribution in [-0.2, 0) is 9.53 Å². The van der Waals surface area contributed by atoms with E-state index in [4.69, 9.17) is 5.11 Å². The van der Waals surface area contributed by atoms with Crippen LogP contribution in [0.1, 0.15) is 0 Å². The minimum Gasteiger partial charge on any atom is -0.462 e. The van der Waals surface area contributed by atoms with Gasteiger partial charge >= 0.3 is 5.91 Å². The summed E-state index contributed by atoms with van der Waals surface area (Å²) in [6.07, 6.45) is 1.36. The van der Waals surface area contributed by atoms with Crippen molar-refractivity contribution in [2.75, 3.05) is 4.90 Å².